The first kappa shape index (κ1) is 18.8. The van der Waals surface area contributed by atoms with Gasteiger partial charge in [0.15, 0.2) is 6.17 Å². The van der Waals surface area contributed by atoms with Crippen LogP contribution < -0.4 is 0 Å². The van der Waals surface area contributed by atoms with Crippen molar-refractivity contribution in [1.82, 2.24) is 0 Å². The Balaban J connectivity index is 2.65. The zero-order valence-corrected chi connectivity index (χ0v) is 11.0. The molecule has 25 heavy (non-hydrogen) atoms. The van der Waals surface area contributed by atoms with E-state index in [-0.39, 0.29) is 0 Å². The molecular formula is C10H4F12O3. The highest BCUT2D eigenvalue weighted by atomic mass is 19.3. The van der Waals surface area contributed by atoms with Gasteiger partial charge < -0.3 is 15.3 Å². The number of halogens is 12. The van der Waals surface area contributed by atoms with Gasteiger partial charge in [-0.1, -0.05) is 0 Å². The van der Waals surface area contributed by atoms with Gasteiger partial charge in [0, 0.05) is 0 Å². The van der Waals surface area contributed by atoms with Crippen molar-refractivity contribution < 1.29 is 68.0 Å². The average Bonchev–Trinajstić information content (AvgIpc) is 2.45. The van der Waals surface area contributed by atoms with Crippen LogP contribution in [0.25, 0.3) is 0 Å². The molecule has 0 aromatic carbocycles. The fraction of sp³-hybridized carbons (Fsp3) is 1.00. The molecule has 0 aliphatic heterocycles. The standard InChI is InChI=1S/C10H4F12O3/c11-1-2(12)6(13,14)4(24)8(17,18)3(1,23)9(19,20)5(25,7(2,15)16)10(4,21)22/h1,23-25H/t1?,2?,3?,4-,5+. The quantitative estimate of drug-likeness (QED) is 0.540. The Morgan fingerprint density at radius 1 is 0.480 bits per heavy atom. The van der Waals surface area contributed by atoms with Crippen LogP contribution in [0, 0.1) is 0 Å². The second kappa shape index (κ2) is 3.56. The Kier molecular flexibility index (Phi) is 2.68. The Morgan fingerprint density at radius 2 is 0.760 bits per heavy atom. The lowest BCUT2D eigenvalue weighted by Crippen LogP contribution is -3.09. The number of alkyl halides is 12. The minimum Gasteiger partial charge on any atom is -0.376 e. The maximum atomic E-state index is 14.2. The second-order valence-electron chi connectivity index (χ2n) is 6.13. The third-order valence-electron chi connectivity index (χ3n) is 5.31. The smallest absolute Gasteiger partial charge is 0.330 e. The van der Waals surface area contributed by atoms with Gasteiger partial charge in [-0.15, -0.1) is 0 Å². The van der Waals surface area contributed by atoms with Gasteiger partial charge >= 0.3 is 29.6 Å². The van der Waals surface area contributed by atoms with E-state index in [1.54, 1.807) is 0 Å². The molecule has 0 radical (unpaired) electrons. The van der Waals surface area contributed by atoms with Crippen LogP contribution in [0.5, 0.6) is 0 Å². The molecule has 0 saturated heterocycles. The summed E-state index contributed by atoms with van der Waals surface area (Å²) >= 11 is 0. The highest BCUT2D eigenvalue weighted by molar-refractivity contribution is 5.51. The van der Waals surface area contributed by atoms with Crippen molar-refractivity contribution in [2.45, 2.75) is 58.3 Å². The van der Waals surface area contributed by atoms with Crippen LogP contribution in [-0.4, -0.2) is 73.6 Å². The van der Waals surface area contributed by atoms with Crippen LogP contribution in [-0.2, 0) is 0 Å². The van der Waals surface area contributed by atoms with Crippen LogP contribution in [0.15, 0.2) is 0 Å². The molecule has 5 atom stereocenters. The molecule has 4 rings (SSSR count). The Labute approximate surface area is 127 Å². The Bertz CT molecular complexity index is 586. The van der Waals surface area contributed by atoms with Crippen molar-refractivity contribution in [1.29, 1.82) is 0 Å². The topological polar surface area (TPSA) is 60.7 Å². The SMILES string of the molecule is OC12C(F)C3(F)C(F)(F)[C@](O)(C1(F)F)C(F)(F)[C@](O)(C2(F)F)C3(F)F. The van der Waals surface area contributed by atoms with Crippen molar-refractivity contribution in [3.63, 3.8) is 0 Å². The van der Waals surface area contributed by atoms with E-state index in [0.717, 1.165) is 0 Å². The van der Waals surface area contributed by atoms with E-state index in [0.29, 0.717) is 0 Å². The molecule has 3 nitrogen and oxygen atoms in total. The third-order valence-corrected chi connectivity index (χ3v) is 5.31. The van der Waals surface area contributed by atoms with Crippen LogP contribution in [0.2, 0.25) is 0 Å². The minimum absolute atomic E-state index is 5.58. The molecule has 4 aliphatic rings. The van der Waals surface area contributed by atoms with Gasteiger partial charge in [-0.3, -0.25) is 0 Å². The molecule has 4 fully saturated rings. The van der Waals surface area contributed by atoms with Gasteiger partial charge in [0.05, 0.1) is 0 Å². The summed E-state index contributed by atoms with van der Waals surface area (Å²) in [6.07, 6.45) is -5.58. The van der Waals surface area contributed by atoms with Crippen molar-refractivity contribution >= 4 is 0 Å². The molecule has 4 aliphatic carbocycles. The highest BCUT2D eigenvalue weighted by Crippen LogP contribution is 2.83. The molecule has 0 aromatic heterocycles. The van der Waals surface area contributed by atoms with Gasteiger partial charge in [0.1, 0.15) is 0 Å². The van der Waals surface area contributed by atoms with Crippen molar-refractivity contribution in [3.05, 3.63) is 0 Å². The number of hydrogen-bond acceptors (Lipinski definition) is 3. The lowest BCUT2D eigenvalue weighted by molar-refractivity contribution is -0.607. The third kappa shape index (κ3) is 0.999. The molecule has 0 amide bonds. The summed E-state index contributed by atoms with van der Waals surface area (Å²) in [7, 11) is 0. The first-order valence-electron chi connectivity index (χ1n) is 6.05. The van der Waals surface area contributed by atoms with Crippen LogP contribution in [0.1, 0.15) is 0 Å². The van der Waals surface area contributed by atoms with E-state index >= 15 is 0 Å². The number of aliphatic hydroxyl groups is 3. The number of hydrogen-bond donors (Lipinski definition) is 3. The average molecular weight is 400 g/mol. The maximum Gasteiger partial charge on any atom is 0.330 e. The molecule has 0 spiro atoms. The van der Waals surface area contributed by atoms with Gasteiger partial charge in [-0.25, -0.2) is 8.78 Å². The largest absolute Gasteiger partial charge is 0.376 e. The fourth-order valence-electron chi connectivity index (χ4n) is 3.84. The van der Waals surface area contributed by atoms with Crippen molar-refractivity contribution in [3.8, 4) is 0 Å². The summed E-state index contributed by atoms with van der Waals surface area (Å²) < 4.78 is 167. The normalized spacial score (nSPS) is 56.0. The summed E-state index contributed by atoms with van der Waals surface area (Å²) in [6, 6.07) is 0. The minimum atomic E-state index is -7.21. The molecule has 4 saturated carbocycles. The lowest BCUT2D eigenvalue weighted by Gasteiger charge is -2.74. The molecule has 4 bridgehead atoms. The summed E-state index contributed by atoms with van der Waals surface area (Å²) in [4.78, 5) is 0. The second-order valence-corrected chi connectivity index (χ2v) is 6.13. The van der Waals surface area contributed by atoms with Crippen LogP contribution in [0.4, 0.5) is 52.7 Å². The van der Waals surface area contributed by atoms with Gasteiger partial charge in [-0.2, -0.15) is 43.9 Å². The lowest BCUT2D eigenvalue weighted by atomic mass is 9.40. The monoisotopic (exact) mass is 400 g/mol. The van der Waals surface area contributed by atoms with E-state index in [9.17, 15) is 57.8 Å². The highest BCUT2D eigenvalue weighted by Gasteiger charge is 3.17. The zero-order chi connectivity index (χ0) is 20.1. The van der Waals surface area contributed by atoms with E-state index in [4.69, 9.17) is 10.2 Å². The van der Waals surface area contributed by atoms with E-state index in [1.807, 2.05) is 0 Å². The van der Waals surface area contributed by atoms with Gasteiger partial charge in [-0.05, 0) is 0 Å². The summed E-state index contributed by atoms with van der Waals surface area (Å²) in [6.45, 7) is 0. The van der Waals surface area contributed by atoms with E-state index in [1.165, 1.54) is 0 Å². The first-order chi connectivity index (χ1) is 10.7. The Morgan fingerprint density at radius 3 is 1.04 bits per heavy atom. The van der Waals surface area contributed by atoms with Crippen LogP contribution in [0.3, 0.4) is 0 Å². The predicted molar refractivity (Wildman–Crippen MR) is 48.3 cm³/mol. The molecular weight excluding hydrogens is 396 g/mol. The summed E-state index contributed by atoms with van der Waals surface area (Å²) in [5.74, 6) is -35.4. The molecule has 0 aromatic rings. The van der Waals surface area contributed by atoms with Gasteiger partial charge in [0.2, 0.25) is 5.60 Å². The molecule has 3 unspecified atom stereocenters. The molecule has 0 heterocycles. The number of rotatable bonds is 0. The van der Waals surface area contributed by atoms with E-state index in [2.05, 4.69) is 0 Å². The molecule has 15 heteroatoms. The van der Waals surface area contributed by atoms with Gasteiger partial charge in [0.25, 0.3) is 16.9 Å². The van der Waals surface area contributed by atoms with Crippen LogP contribution >= 0.6 is 0 Å². The summed E-state index contributed by atoms with van der Waals surface area (Å²) in [5.41, 5.74) is -26.7. The summed E-state index contributed by atoms with van der Waals surface area (Å²) in [5, 5.41) is 27.4. The van der Waals surface area contributed by atoms with Crippen molar-refractivity contribution in [2.75, 3.05) is 0 Å². The van der Waals surface area contributed by atoms with E-state index < -0.39 is 58.3 Å². The maximum absolute atomic E-state index is 14.2. The van der Waals surface area contributed by atoms with Crippen molar-refractivity contribution in [2.24, 2.45) is 0 Å². The Hall–Kier alpha value is -0.960. The molecule has 146 valence electrons. The molecule has 3 N–H and O–H groups in total. The zero-order valence-electron chi connectivity index (χ0n) is 11.0. The predicted octanol–water partition coefficient (Wildman–Crippen LogP) is 1.44. The fourth-order valence-corrected chi connectivity index (χ4v) is 3.84. The first-order valence-corrected chi connectivity index (χ1v) is 6.05.